The Morgan fingerprint density at radius 1 is 0.941 bits per heavy atom. The molecule has 0 fully saturated rings. The maximum atomic E-state index is 11.9. The monoisotopic (exact) mass is 294 g/mol. The van der Waals surface area contributed by atoms with Crippen molar-refractivity contribution >= 4 is 10.5 Å². The van der Waals surface area contributed by atoms with Gasteiger partial charge in [0.05, 0.1) is 6.61 Å². The van der Waals surface area contributed by atoms with Crippen LogP contribution in [0.5, 0.6) is 0 Å². The fourth-order valence-electron chi connectivity index (χ4n) is 1.57. The molecule has 0 aliphatic heterocycles. The van der Waals surface area contributed by atoms with E-state index in [1.54, 1.807) is 0 Å². The van der Waals surface area contributed by atoms with E-state index >= 15 is 0 Å². The molecule has 0 saturated heterocycles. The molecule has 0 spiro atoms. The van der Waals surface area contributed by atoms with Crippen LogP contribution in [0.1, 0.15) is 66.1 Å². The van der Waals surface area contributed by atoms with Crippen molar-refractivity contribution in [1.82, 2.24) is 0 Å². The summed E-state index contributed by atoms with van der Waals surface area (Å²) in [6, 6.07) is 0. The molecule has 0 aromatic rings. The molecule has 0 atom stereocenters. The first-order valence-electron chi connectivity index (χ1n) is 6.15. The Morgan fingerprint density at radius 2 is 1.35 bits per heavy atom. The van der Waals surface area contributed by atoms with Crippen molar-refractivity contribution in [1.29, 1.82) is 0 Å². The van der Waals surface area contributed by atoms with E-state index in [9.17, 15) is 12.3 Å². The second-order valence-corrected chi connectivity index (χ2v) is 5.07. The average Bonchev–Trinajstić information content (AvgIpc) is 2.19. The van der Waals surface area contributed by atoms with Gasteiger partial charge in [-0.15, -0.1) is 0 Å². The summed E-state index contributed by atoms with van der Waals surface area (Å²) in [5, 5.41) is 0. The van der Waals surface area contributed by atoms with Crippen LogP contribution in [0.3, 0.4) is 0 Å². The molecule has 100 valence electrons. The van der Waals surface area contributed by atoms with Crippen LogP contribution in [0.15, 0.2) is 0 Å². The van der Waals surface area contributed by atoms with Crippen molar-refractivity contribution in [3.8, 4) is 0 Å². The summed E-state index contributed by atoms with van der Waals surface area (Å²) >= 11 is 0. The Hall–Kier alpha value is 1.48. The van der Waals surface area contributed by atoms with Gasteiger partial charge in [0.1, 0.15) is 0 Å². The number of halogens is 1. The van der Waals surface area contributed by atoms with Gasteiger partial charge in [-0.3, -0.25) is 0 Å². The molecule has 0 unspecified atom stereocenters. The molecular weight excluding hydrogens is 270 g/mol. The van der Waals surface area contributed by atoms with E-state index in [1.165, 1.54) is 38.5 Å². The first-order chi connectivity index (χ1) is 7.56. The molecule has 3 nitrogen and oxygen atoms in total. The first-order valence-corrected chi connectivity index (χ1v) is 7.46. The van der Waals surface area contributed by atoms with Crippen LogP contribution in [0.2, 0.25) is 0 Å². The van der Waals surface area contributed by atoms with Crippen molar-refractivity contribution in [3.05, 3.63) is 0 Å². The fourth-order valence-corrected chi connectivity index (χ4v) is 1.89. The maximum absolute atomic E-state index is 11.9. The van der Waals surface area contributed by atoms with Gasteiger partial charge in [0.25, 0.3) is 0 Å². The molecule has 0 rings (SSSR count). The molecule has 0 heterocycles. The van der Waals surface area contributed by atoms with Crippen molar-refractivity contribution in [3.63, 3.8) is 0 Å². The van der Waals surface area contributed by atoms with E-state index in [0.717, 1.165) is 12.8 Å². The van der Waals surface area contributed by atoms with Gasteiger partial charge in [0, 0.05) is 0 Å². The van der Waals surface area contributed by atoms with E-state index in [1.807, 2.05) is 0 Å². The predicted octanol–water partition coefficient (Wildman–Crippen LogP) is 0.865. The molecule has 0 aliphatic carbocycles. The Kier molecular flexibility index (Phi) is 17.0. The van der Waals surface area contributed by atoms with Crippen LogP contribution in [-0.4, -0.2) is 15.0 Å². The standard InChI is InChI=1S/C11H23FO3S.K.H/c1-2-3-4-5-6-7-8-9-10-11-15-16(12,13)14;;/h2-11H2,1H3;;/q;+1;-1. The van der Waals surface area contributed by atoms with Crippen molar-refractivity contribution < 1.29 is 69.3 Å². The summed E-state index contributed by atoms with van der Waals surface area (Å²) in [5.41, 5.74) is 0. The van der Waals surface area contributed by atoms with Crippen LogP contribution >= 0.6 is 0 Å². The molecule has 17 heavy (non-hydrogen) atoms. The van der Waals surface area contributed by atoms with Gasteiger partial charge in [0.2, 0.25) is 0 Å². The second-order valence-electron chi connectivity index (χ2n) is 4.04. The summed E-state index contributed by atoms with van der Waals surface area (Å²) in [4.78, 5) is 0. The zero-order chi connectivity index (χ0) is 12.3. The molecule has 6 heteroatoms. The van der Waals surface area contributed by atoms with Crippen LogP contribution in [0.4, 0.5) is 3.89 Å². The van der Waals surface area contributed by atoms with Gasteiger partial charge in [-0.05, 0) is 6.42 Å². The minimum absolute atomic E-state index is 0. The second kappa shape index (κ2) is 13.9. The van der Waals surface area contributed by atoms with E-state index < -0.39 is 10.5 Å². The maximum Gasteiger partial charge on any atom is 1.00 e. The summed E-state index contributed by atoms with van der Waals surface area (Å²) in [6.45, 7) is 2.16. The van der Waals surface area contributed by atoms with E-state index in [4.69, 9.17) is 0 Å². The minimum atomic E-state index is -4.73. The smallest absolute Gasteiger partial charge is 1.00 e. The van der Waals surface area contributed by atoms with Crippen LogP contribution in [-0.2, 0) is 14.7 Å². The van der Waals surface area contributed by atoms with Crippen LogP contribution < -0.4 is 51.4 Å². The third kappa shape index (κ3) is 20.0. The normalized spacial score (nSPS) is 11.2. The molecular formula is C11H24FKO3S. The molecule has 0 aliphatic rings. The van der Waals surface area contributed by atoms with Crippen LogP contribution in [0.25, 0.3) is 0 Å². The van der Waals surface area contributed by atoms with Crippen molar-refractivity contribution in [2.45, 2.75) is 64.7 Å². The van der Waals surface area contributed by atoms with Gasteiger partial charge in [0.15, 0.2) is 0 Å². The summed E-state index contributed by atoms with van der Waals surface area (Å²) < 4.78 is 35.8. The van der Waals surface area contributed by atoms with Crippen molar-refractivity contribution in [2.24, 2.45) is 0 Å². The average molecular weight is 294 g/mol. The van der Waals surface area contributed by atoms with Gasteiger partial charge < -0.3 is 1.43 Å². The quantitative estimate of drug-likeness (QED) is 0.322. The predicted molar refractivity (Wildman–Crippen MR) is 64.3 cm³/mol. The molecule has 0 N–H and O–H groups in total. The summed E-state index contributed by atoms with van der Waals surface area (Å²) in [6.07, 6.45) is 10.2. The first kappa shape index (κ1) is 20.8. The fraction of sp³-hybridized carbons (Fsp3) is 1.00. The molecule has 0 saturated carbocycles. The largest absolute Gasteiger partial charge is 1.00 e. The SMILES string of the molecule is CCCCCCCCCCCOS(=O)(=O)F.[H-].[K+]. The minimum Gasteiger partial charge on any atom is -1.00 e. The Morgan fingerprint density at radius 3 is 1.76 bits per heavy atom. The molecule has 0 bridgehead atoms. The number of rotatable bonds is 11. The molecule has 0 amide bonds. The molecule has 0 aromatic carbocycles. The topological polar surface area (TPSA) is 43.4 Å². The summed E-state index contributed by atoms with van der Waals surface area (Å²) in [7, 11) is -4.73. The molecule has 0 radical (unpaired) electrons. The van der Waals surface area contributed by atoms with E-state index in [0.29, 0.717) is 6.42 Å². The Balaban J connectivity index is -0.00000112. The third-order valence-corrected chi connectivity index (χ3v) is 2.92. The third-order valence-electron chi connectivity index (χ3n) is 2.47. The number of hydrogen-bond acceptors (Lipinski definition) is 3. The Bertz CT molecular complexity index is 251. The van der Waals surface area contributed by atoms with Gasteiger partial charge >= 0.3 is 61.9 Å². The number of unbranched alkanes of at least 4 members (excludes halogenated alkanes) is 8. The summed E-state index contributed by atoms with van der Waals surface area (Å²) in [5.74, 6) is 0. The number of hydrogen-bond donors (Lipinski definition) is 0. The van der Waals surface area contributed by atoms with Gasteiger partial charge in [-0.1, -0.05) is 62.2 Å². The molecule has 0 aromatic heterocycles. The van der Waals surface area contributed by atoms with Crippen LogP contribution in [0, 0.1) is 0 Å². The van der Waals surface area contributed by atoms with E-state index in [2.05, 4.69) is 11.1 Å². The zero-order valence-electron chi connectivity index (χ0n) is 12.1. The Labute approximate surface area is 149 Å². The van der Waals surface area contributed by atoms with Crippen molar-refractivity contribution in [2.75, 3.05) is 6.61 Å². The van der Waals surface area contributed by atoms with Gasteiger partial charge in [-0.25, -0.2) is 4.18 Å². The van der Waals surface area contributed by atoms with Gasteiger partial charge in [-0.2, -0.15) is 8.42 Å². The van der Waals surface area contributed by atoms with E-state index in [-0.39, 0.29) is 59.4 Å². The zero-order valence-corrected chi connectivity index (χ0v) is 15.0.